The molecule has 1 aromatic carbocycles. The molecule has 0 radical (unpaired) electrons. The van der Waals surface area contributed by atoms with Gasteiger partial charge in [0.2, 0.25) is 0 Å². The molecule has 2 atom stereocenters. The summed E-state index contributed by atoms with van der Waals surface area (Å²) >= 11 is 0. The molecular formula is C20H30ClN3O3. The van der Waals surface area contributed by atoms with E-state index < -0.39 is 6.10 Å². The van der Waals surface area contributed by atoms with Crippen molar-refractivity contribution in [3.63, 3.8) is 0 Å². The van der Waals surface area contributed by atoms with Crippen molar-refractivity contribution in [1.82, 2.24) is 14.7 Å². The number of aryl methyl sites for hydroxylation is 2. The van der Waals surface area contributed by atoms with Gasteiger partial charge >= 0.3 is 0 Å². The van der Waals surface area contributed by atoms with Gasteiger partial charge in [0.05, 0.1) is 25.5 Å². The third kappa shape index (κ3) is 6.21. The minimum absolute atomic E-state index is 0. The summed E-state index contributed by atoms with van der Waals surface area (Å²) in [6, 6.07) is 5.99. The third-order valence-electron chi connectivity index (χ3n) is 4.83. The first-order chi connectivity index (χ1) is 12.5. The van der Waals surface area contributed by atoms with E-state index in [1.807, 2.05) is 43.1 Å². The number of morpholine rings is 1. The Bertz CT molecular complexity index is 722. The standard InChI is InChI=1S/C20H29N3O3.ClH/c1-15-9-21-23(10-15)13-19-12-22(7-8-25-19)11-18(24)14-26-20-6-4-5-16(2)17(20)3;/h4-6,9-10,18-19,24H,7-8,11-14H2,1-3H3;1H. The van der Waals surface area contributed by atoms with Crippen LogP contribution in [0.1, 0.15) is 16.7 Å². The molecule has 1 aliphatic rings. The van der Waals surface area contributed by atoms with E-state index in [0.717, 1.165) is 36.5 Å². The second kappa shape index (κ2) is 10.1. The molecule has 2 heterocycles. The van der Waals surface area contributed by atoms with E-state index in [9.17, 15) is 5.11 Å². The van der Waals surface area contributed by atoms with Crippen LogP contribution < -0.4 is 4.74 Å². The highest BCUT2D eigenvalue weighted by Crippen LogP contribution is 2.20. The quantitative estimate of drug-likeness (QED) is 0.779. The second-order valence-corrected chi connectivity index (χ2v) is 7.15. The predicted molar refractivity (Wildman–Crippen MR) is 108 cm³/mol. The number of ether oxygens (including phenoxy) is 2. The van der Waals surface area contributed by atoms with Crippen LogP contribution in [0.4, 0.5) is 0 Å². The molecule has 2 aromatic rings. The van der Waals surface area contributed by atoms with Crippen molar-refractivity contribution in [2.75, 3.05) is 32.8 Å². The average molecular weight is 396 g/mol. The Morgan fingerprint density at radius 2 is 2.15 bits per heavy atom. The summed E-state index contributed by atoms with van der Waals surface area (Å²) in [6.07, 6.45) is 3.44. The third-order valence-corrected chi connectivity index (χ3v) is 4.83. The van der Waals surface area contributed by atoms with Gasteiger partial charge in [0.1, 0.15) is 18.5 Å². The van der Waals surface area contributed by atoms with E-state index in [4.69, 9.17) is 9.47 Å². The maximum atomic E-state index is 10.4. The lowest BCUT2D eigenvalue weighted by Gasteiger charge is -2.34. The summed E-state index contributed by atoms with van der Waals surface area (Å²) in [5, 5.41) is 14.7. The van der Waals surface area contributed by atoms with Crippen LogP contribution in [-0.4, -0.2) is 64.8 Å². The number of aliphatic hydroxyl groups excluding tert-OH is 1. The number of halogens is 1. The number of aliphatic hydroxyl groups is 1. The molecule has 1 aromatic heterocycles. The van der Waals surface area contributed by atoms with Gasteiger partial charge in [-0.15, -0.1) is 12.4 Å². The Balaban J connectivity index is 0.00000261. The van der Waals surface area contributed by atoms with E-state index in [-0.39, 0.29) is 18.5 Å². The van der Waals surface area contributed by atoms with Gasteiger partial charge in [0.15, 0.2) is 0 Å². The molecule has 3 rings (SSSR count). The molecule has 0 saturated carbocycles. The molecule has 1 saturated heterocycles. The zero-order chi connectivity index (χ0) is 18.5. The Morgan fingerprint density at radius 3 is 2.89 bits per heavy atom. The van der Waals surface area contributed by atoms with Crippen LogP contribution >= 0.6 is 12.4 Å². The van der Waals surface area contributed by atoms with Crippen molar-refractivity contribution in [3.05, 3.63) is 47.3 Å². The molecule has 0 bridgehead atoms. The maximum absolute atomic E-state index is 10.4. The first-order valence-corrected chi connectivity index (χ1v) is 9.21. The van der Waals surface area contributed by atoms with Gasteiger partial charge in [0, 0.05) is 25.8 Å². The van der Waals surface area contributed by atoms with Crippen LogP contribution in [0.15, 0.2) is 30.6 Å². The van der Waals surface area contributed by atoms with Gasteiger partial charge in [-0.25, -0.2) is 0 Å². The predicted octanol–water partition coefficient (Wildman–Crippen LogP) is 2.37. The number of β-amino-alcohol motifs (C(OH)–C–C–N with tert-alkyl or cyclic N) is 1. The summed E-state index contributed by atoms with van der Waals surface area (Å²) in [6.45, 7) is 10.1. The molecular weight excluding hydrogens is 366 g/mol. The van der Waals surface area contributed by atoms with Crippen molar-refractivity contribution in [2.45, 2.75) is 39.5 Å². The molecule has 1 fully saturated rings. The zero-order valence-corrected chi connectivity index (χ0v) is 17.1. The summed E-state index contributed by atoms with van der Waals surface area (Å²) in [7, 11) is 0. The highest BCUT2D eigenvalue weighted by atomic mass is 35.5. The Labute approximate surface area is 167 Å². The summed E-state index contributed by atoms with van der Waals surface area (Å²) in [5.74, 6) is 0.845. The van der Waals surface area contributed by atoms with Crippen LogP contribution in [0, 0.1) is 20.8 Å². The van der Waals surface area contributed by atoms with Crippen molar-refractivity contribution < 1.29 is 14.6 Å². The lowest BCUT2D eigenvalue weighted by Crippen LogP contribution is -2.47. The number of benzene rings is 1. The number of nitrogens with zero attached hydrogens (tertiary/aromatic N) is 3. The fourth-order valence-corrected chi connectivity index (χ4v) is 3.25. The molecule has 150 valence electrons. The molecule has 7 heteroatoms. The zero-order valence-electron chi connectivity index (χ0n) is 16.3. The molecule has 6 nitrogen and oxygen atoms in total. The second-order valence-electron chi connectivity index (χ2n) is 7.15. The number of hydrogen-bond donors (Lipinski definition) is 1. The van der Waals surface area contributed by atoms with E-state index in [1.54, 1.807) is 0 Å². The highest BCUT2D eigenvalue weighted by molar-refractivity contribution is 5.85. The van der Waals surface area contributed by atoms with Gasteiger partial charge in [-0.05, 0) is 43.5 Å². The first-order valence-electron chi connectivity index (χ1n) is 9.21. The van der Waals surface area contributed by atoms with Gasteiger partial charge in [-0.1, -0.05) is 12.1 Å². The van der Waals surface area contributed by atoms with E-state index >= 15 is 0 Å². The first kappa shape index (κ1) is 21.7. The fourth-order valence-electron chi connectivity index (χ4n) is 3.25. The molecule has 2 unspecified atom stereocenters. The number of rotatable bonds is 7. The molecule has 0 amide bonds. The van der Waals surface area contributed by atoms with Crippen LogP contribution in [0.3, 0.4) is 0 Å². The smallest absolute Gasteiger partial charge is 0.122 e. The van der Waals surface area contributed by atoms with Crippen LogP contribution in [-0.2, 0) is 11.3 Å². The molecule has 1 N–H and O–H groups in total. The lowest BCUT2D eigenvalue weighted by atomic mass is 10.1. The topological polar surface area (TPSA) is 59.8 Å². The molecule has 1 aliphatic heterocycles. The normalized spacial score (nSPS) is 18.7. The van der Waals surface area contributed by atoms with E-state index in [0.29, 0.717) is 19.8 Å². The molecule has 27 heavy (non-hydrogen) atoms. The fraction of sp³-hybridized carbons (Fsp3) is 0.550. The van der Waals surface area contributed by atoms with Crippen molar-refractivity contribution in [2.24, 2.45) is 0 Å². The van der Waals surface area contributed by atoms with Crippen LogP contribution in [0.5, 0.6) is 5.75 Å². The lowest BCUT2D eigenvalue weighted by molar-refractivity contribution is -0.0517. The van der Waals surface area contributed by atoms with E-state index in [2.05, 4.69) is 23.0 Å². The van der Waals surface area contributed by atoms with E-state index in [1.165, 1.54) is 5.56 Å². The maximum Gasteiger partial charge on any atom is 0.122 e. The molecule has 0 spiro atoms. The monoisotopic (exact) mass is 395 g/mol. The van der Waals surface area contributed by atoms with Crippen molar-refractivity contribution in [3.8, 4) is 5.75 Å². The van der Waals surface area contributed by atoms with Crippen LogP contribution in [0.25, 0.3) is 0 Å². The summed E-state index contributed by atoms with van der Waals surface area (Å²) < 4.78 is 13.6. The summed E-state index contributed by atoms with van der Waals surface area (Å²) in [4.78, 5) is 2.24. The number of hydrogen-bond acceptors (Lipinski definition) is 5. The van der Waals surface area contributed by atoms with Gasteiger partial charge in [-0.3, -0.25) is 9.58 Å². The largest absolute Gasteiger partial charge is 0.491 e. The minimum Gasteiger partial charge on any atom is -0.491 e. The van der Waals surface area contributed by atoms with Gasteiger partial charge < -0.3 is 14.6 Å². The molecule has 0 aliphatic carbocycles. The van der Waals surface area contributed by atoms with Crippen molar-refractivity contribution >= 4 is 12.4 Å². The van der Waals surface area contributed by atoms with Gasteiger partial charge in [0.25, 0.3) is 0 Å². The SMILES string of the molecule is Cc1cnn(CC2CN(CC(O)COc3cccc(C)c3C)CCO2)c1.Cl. The highest BCUT2D eigenvalue weighted by Gasteiger charge is 2.23. The Morgan fingerprint density at radius 1 is 1.33 bits per heavy atom. The summed E-state index contributed by atoms with van der Waals surface area (Å²) in [5.41, 5.74) is 3.47. The minimum atomic E-state index is -0.527. The van der Waals surface area contributed by atoms with Crippen LogP contribution in [0.2, 0.25) is 0 Å². The van der Waals surface area contributed by atoms with Crippen molar-refractivity contribution in [1.29, 1.82) is 0 Å². The number of aromatic nitrogens is 2. The van der Waals surface area contributed by atoms with Gasteiger partial charge in [-0.2, -0.15) is 5.10 Å². The Kier molecular flexibility index (Phi) is 8.10. The average Bonchev–Trinajstić information content (AvgIpc) is 3.01. The Hall–Kier alpha value is -1.60.